The lowest BCUT2D eigenvalue weighted by molar-refractivity contribution is -0.134. The molecular weight excluding hydrogens is 1590 g/mol. The zero-order valence-corrected chi connectivity index (χ0v) is 69.1. The minimum Gasteiger partial charge on any atom is -0.445 e. The lowest BCUT2D eigenvalue weighted by Gasteiger charge is -2.26. The van der Waals surface area contributed by atoms with Gasteiger partial charge in [-0.3, -0.25) is 58.7 Å². The van der Waals surface area contributed by atoms with Crippen LogP contribution < -0.4 is 110 Å². The van der Waals surface area contributed by atoms with Crippen LogP contribution in [0.15, 0.2) is 167 Å². The van der Waals surface area contributed by atoms with E-state index in [-0.39, 0.29) is 205 Å². The van der Waals surface area contributed by atoms with Crippen molar-refractivity contribution in [3.63, 3.8) is 0 Å². The van der Waals surface area contributed by atoms with Gasteiger partial charge in [0.25, 0.3) is 0 Å². The molecule has 123 heavy (non-hydrogen) atoms. The van der Waals surface area contributed by atoms with Gasteiger partial charge in [0.1, 0.15) is 74.8 Å². The summed E-state index contributed by atoms with van der Waals surface area (Å²) >= 11 is 0. The van der Waals surface area contributed by atoms with Gasteiger partial charge < -0.3 is 129 Å². The average molecular weight is 1710 g/mol. The van der Waals surface area contributed by atoms with Crippen molar-refractivity contribution in [1.29, 1.82) is 5.41 Å². The number of aliphatic imine (C=N–C) groups is 3. The molecule has 29 N–H and O–H groups in total. The fourth-order valence-electron chi connectivity index (χ4n) is 12.1. The molecule has 5 aromatic carbocycles. The second-order valence-electron chi connectivity index (χ2n) is 28.6. The summed E-state index contributed by atoms with van der Waals surface area (Å²) in [5, 5.41) is 40.0. The van der Waals surface area contributed by atoms with Gasteiger partial charge in [0, 0.05) is 52.2 Å². The molecule has 0 heterocycles. The highest BCUT2D eigenvalue weighted by Crippen LogP contribution is 2.15. The molecule has 0 fully saturated rings. The van der Waals surface area contributed by atoms with Gasteiger partial charge in [-0.25, -0.2) is 19.2 Å². The van der Waals surface area contributed by atoms with E-state index >= 15 is 4.79 Å². The van der Waals surface area contributed by atoms with Gasteiger partial charge in [-0.05, 0) is 137 Å². The van der Waals surface area contributed by atoms with Crippen LogP contribution in [-0.4, -0.2) is 190 Å². The zero-order chi connectivity index (χ0) is 89.4. The number of alkyl carbamates (subject to hydrolysis) is 4. The predicted octanol–water partition coefficient (Wildman–Crippen LogP) is 1.12. The minimum atomic E-state index is -1.50. The maximum atomic E-state index is 15.1. The summed E-state index contributed by atoms with van der Waals surface area (Å²) in [7, 11) is 0. The van der Waals surface area contributed by atoms with E-state index in [0.29, 0.717) is 34.2 Å². The van der Waals surface area contributed by atoms with Crippen molar-refractivity contribution in [2.75, 3.05) is 45.8 Å². The Morgan fingerprint density at radius 1 is 0.268 bits per heavy atom. The predicted molar refractivity (Wildman–Crippen MR) is 461 cm³/mol. The van der Waals surface area contributed by atoms with Crippen LogP contribution in [0.3, 0.4) is 0 Å². The van der Waals surface area contributed by atoms with E-state index in [0.717, 1.165) is 0 Å². The van der Waals surface area contributed by atoms with Gasteiger partial charge in [0.05, 0.1) is 0 Å². The van der Waals surface area contributed by atoms with E-state index < -0.39 is 120 Å². The second-order valence-corrected chi connectivity index (χ2v) is 28.6. The van der Waals surface area contributed by atoms with Crippen molar-refractivity contribution in [2.24, 2.45) is 60.8 Å². The SMILES string of the molecule is N=C(N)NCCC[C@H](NC(=O)OCc1ccccc1)C(=O)NCCCC[C@H](NC(=O)[C@H](CCCN=C(N)N)NC(=O)OCc1ccccc1)C(=O)NCCCC[C@H](NC(=O)[C@H](CCCCNC(=O)[C@H](CCCN=C(N)N)NC(=O)OCc1ccccc1)NC(=O)[C@H](CCCN=C(N)N)NC(=O)OCc1ccccc1)C(=O)N[C@H](Cc1ccccc1)C(N)=O. The fraction of sp³-hybridized carbons (Fsp3) is 0.446. The van der Waals surface area contributed by atoms with Crippen LogP contribution in [0.5, 0.6) is 0 Å². The number of amides is 12. The average Bonchev–Trinajstić information content (AvgIpc) is 0.866. The van der Waals surface area contributed by atoms with E-state index in [9.17, 15) is 52.7 Å². The largest absolute Gasteiger partial charge is 0.445 e. The fourth-order valence-corrected chi connectivity index (χ4v) is 12.1. The maximum Gasteiger partial charge on any atom is 0.408 e. The Kier molecular flexibility index (Phi) is 47.0. The molecule has 0 unspecified atom stereocenters. The molecule has 0 aliphatic carbocycles. The lowest BCUT2D eigenvalue weighted by atomic mass is 10.0. The third-order valence-electron chi connectivity index (χ3n) is 18.6. The summed E-state index contributed by atoms with van der Waals surface area (Å²) in [5.41, 5.74) is 48.2. The highest BCUT2D eigenvalue weighted by molar-refractivity contribution is 5.96. The van der Waals surface area contributed by atoms with Crippen molar-refractivity contribution in [3.05, 3.63) is 179 Å². The first kappa shape index (κ1) is 99.6. The Hall–Kier alpha value is -14.0. The van der Waals surface area contributed by atoms with Crippen LogP contribution in [-0.2, 0) is 90.2 Å². The highest BCUT2D eigenvalue weighted by atomic mass is 16.6. The number of carbonyl (C=O) groups is 12. The van der Waals surface area contributed by atoms with Crippen LogP contribution >= 0.6 is 0 Å². The zero-order valence-electron chi connectivity index (χ0n) is 69.1. The van der Waals surface area contributed by atoms with Gasteiger partial charge in [-0.1, -0.05) is 152 Å². The summed E-state index contributed by atoms with van der Waals surface area (Å²) in [5.74, 6) is -7.09. The molecule has 0 bridgehead atoms. The Labute approximate surface area is 714 Å². The van der Waals surface area contributed by atoms with E-state index in [1.807, 2.05) is 0 Å². The molecule has 0 saturated heterocycles. The van der Waals surface area contributed by atoms with Gasteiger partial charge in [0.2, 0.25) is 47.3 Å². The molecule has 0 spiro atoms. The van der Waals surface area contributed by atoms with E-state index in [1.165, 1.54) is 0 Å². The molecule has 0 radical (unpaired) electrons. The number of hydrogen-bond acceptors (Lipinski definition) is 20. The quantitative estimate of drug-likeness (QED) is 0.0112. The van der Waals surface area contributed by atoms with E-state index in [2.05, 4.69) is 78.8 Å². The second kappa shape index (κ2) is 58.0. The molecule has 5 aromatic rings. The molecule has 5 rings (SSSR count). The van der Waals surface area contributed by atoms with Gasteiger partial charge >= 0.3 is 24.4 Å². The molecule has 8 atom stereocenters. The standard InChI is InChI=1S/C83H120N24O16/c84-68(108)67(50-55-26-6-1-7-27-55)103-73(113)64(101-72(112)63(102-75(115)66(42-25-49-99-79(91)92)107-83(119)123-54-59-34-14-5-15-35-59)37-17-21-45-95-71(111)62(40-23-47-97-77(87)88)105-81(117)121-52-57-30-10-3-11-31-57)38-18-20-43-93-69(109)60(100-74(114)65(41-24-48-98-78(89)90)106-82(118)122-53-58-32-12-4-13-33-58)36-16-19-44-94-70(110)61(39-22-46-96-76(85)86)104-80(116)120-51-56-28-8-2-9-29-56/h1-15,26-35,60-67H,16-25,36-54H2,(H2,84,108)(H,93,109)(H,94,110)(H,95,111)(H,100,114)(H,101,112)(H,102,115)(H,103,113)(H,104,116)(H,105,117)(H,106,118)(H,107,119)(H4,85,86,96)(H4,87,88,97)(H4,89,90,98)(H4,91,92,99)/t60-,61-,62-,63-,64-,65-,66-,67+/m0/s1. The molecule has 0 aliphatic rings. The number of rotatable bonds is 57. The van der Waals surface area contributed by atoms with Crippen LogP contribution in [0.2, 0.25) is 0 Å². The number of benzene rings is 5. The number of ether oxygens (including phenoxy) is 4. The molecule has 40 heteroatoms. The van der Waals surface area contributed by atoms with Crippen LogP contribution in [0.1, 0.15) is 137 Å². The third-order valence-corrected chi connectivity index (χ3v) is 18.6. The van der Waals surface area contributed by atoms with Crippen molar-refractivity contribution in [2.45, 2.75) is 190 Å². The van der Waals surface area contributed by atoms with Gasteiger partial charge in [-0.15, -0.1) is 0 Å². The molecule has 0 aromatic heterocycles. The molecular formula is C83H120N24O16. The van der Waals surface area contributed by atoms with Crippen molar-refractivity contribution < 1.29 is 76.5 Å². The normalized spacial score (nSPS) is 12.6. The van der Waals surface area contributed by atoms with Crippen LogP contribution in [0.4, 0.5) is 19.2 Å². The van der Waals surface area contributed by atoms with E-state index in [1.54, 1.807) is 152 Å². The molecule has 668 valence electrons. The van der Waals surface area contributed by atoms with Crippen LogP contribution in [0.25, 0.3) is 0 Å². The number of guanidine groups is 4. The number of unbranched alkanes of at least 4 members (excludes halogenated alkanes) is 3. The summed E-state index contributed by atoms with van der Waals surface area (Å²) in [4.78, 5) is 179. The van der Waals surface area contributed by atoms with Crippen molar-refractivity contribution in [1.82, 2.24) is 63.8 Å². The summed E-state index contributed by atoms with van der Waals surface area (Å²) in [6.45, 7) is -0.109. The molecule has 0 saturated carbocycles. The van der Waals surface area contributed by atoms with E-state index in [4.69, 9.17) is 70.2 Å². The lowest BCUT2D eigenvalue weighted by Crippen LogP contribution is -2.58. The van der Waals surface area contributed by atoms with Crippen molar-refractivity contribution in [3.8, 4) is 0 Å². The Morgan fingerprint density at radius 2 is 0.496 bits per heavy atom. The number of primary amides is 1. The molecule has 0 aliphatic heterocycles. The number of nitrogens with two attached hydrogens (primary N) is 8. The Morgan fingerprint density at radius 3 is 0.764 bits per heavy atom. The monoisotopic (exact) mass is 1710 g/mol. The minimum absolute atomic E-state index is 0.0222. The maximum absolute atomic E-state index is 15.1. The Bertz CT molecular complexity index is 4190. The molecule has 12 amide bonds. The highest BCUT2D eigenvalue weighted by Gasteiger charge is 2.33. The van der Waals surface area contributed by atoms with Crippen LogP contribution in [0, 0.1) is 5.41 Å². The summed E-state index contributed by atoms with van der Waals surface area (Å²) in [6, 6.07) is 33.4. The van der Waals surface area contributed by atoms with Gasteiger partial charge in [0.15, 0.2) is 23.8 Å². The number of hydrogen-bond donors (Lipinski definition) is 21. The molecule has 40 nitrogen and oxygen atoms in total. The summed E-state index contributed by atoms with van der Waals surface area (Å²) < 4.78 is 21.7. The number of nitrogens with one attached hydrogen (secondary N) is 13. The summed E-state index contributed by atoms with van der Waals surface area (Å²) in [6.07, 6.45) is -2.23. The first-order valence-electron chi connectivity index (χ1n) is 40.7. The third kappa shape index (κ3) is 44.1. The first-order chi connectivity index (χ1) is 59.2. The number of carbonyl (C=O) groups excluding carboxylic acids is 12. The Balaban J connectivity index is 1.41. The van der Waals surface area contributed by atoms with Crippen molar-refractivity contribution >= 4 is 95.5 Å². The first-order valence-corrected chi connectivity index (χ1v) is 40.7. The smallest absolute Gasteiger partial charge is 0.408 e. The number of nitrogens with zero attached hydrogens (tertiary/aromatic N) is 3. The topological polar surface area (TPSA) is 655 Å². The van der Waals surface area contributed by atoms with Gasteiger partial charge in [-0.2, -0.15) is 0 Å².